The van der Waals surface area contributed by atoms with E-state index in [9.17, 15) is 4.79 Å². The van der Waals surface area contributed by atoms with Crippen molar-refractivity contribution in [2.75, 3.05) is 0 Å². The standard InChI is InChI=1S/C12H13BN2O3/c1-9-5-6-12(16)15(14-9)8-10-3-2-4-11(7-10)13(17)18/h2-7,17-18H,8H2,1H3. The number of benzene rings is 1. The molecule has 5 nitrogen and oxygen atoms in total. The molecule has 0 unspecified atom stereocenters. The molecule has 0 spiro atoms. The summed E-state index contributed by atoms with van der Waals surface area (Å²) in [7, 11) is -1.51. The molecule has 0 aliphatic rings. The van der Waals surface area contributed by atoms with Crippen LogP contribution in [0, 0.1) is 6.92 Å². The summed E-state index contributed by atoms with van der Waals surface area (Å²) in [6.45, 7) is 2.12. The fraction of sp³-hybridized carbons (Fsp3) is 0.167. The fourth-order valence-electron chi connectivity index (χ4n) is 1.69. The Balaban J connectivity index is 2.31. The predicted molar refractivity (Wildman–Crippen MR) is 68.6 cm³/mol. The first-order valence-corrected chi connectivity index (χ1v) is 5.56. The van der Waals surface area contributed by atoms with Crippen LogP contribution in [-0.2, 0) is 6.54 Å². The topological polar surface area (TPSA) is 75.4 Å². The first kappa shape index (κ1) is 12.5. The highest BCUT2D eigenvalue weighted by Crippen LogP contribution is 1.99. The summed E-state index contributed by atoms with van der Waals surface area (Å²) in [6.07, 6.45) is 0. The van der Waals surface area contributed by atoms with Gasteiger partial charge in [0.25, 0.3) is 5.56 Å². The van der Waals surface area contributed by atoms with Crippen molar-refractivity contribution in [1.29, 1.82) is 0 Å². The molecular weight excluding hydrogens is 231 g/mol. The van der Waals surface area contributed by atoms with E-state index < -0.39 is 7.12 Å². The van der Waals surface area contributed by atoms with E-state index in [-0.39, 0.29) is 5.56 Å². The van der Waals surface area contributed by atoms with Gasteiger partial charge in [0.2, 0.25) is 0 Å². The molecule has 1 heterocycles. The fourth-order valence-corrected chi connectivity index (χ4v) is 1.69. The highest BCUT2D eigenvalue weighted by molar-refractivity contribution is 6.58. The van der Waals surface area contributed by atoms with Gasteiger partial charge in [-0.3, -0.25) is 4.79 Å². The molecule has 0 amide bonds. The van der Waals surface area contributed by atoms with Crippen molar-refractivity contribution >= 4 is 12.6 Å². The Labute approximate surface area is 104 Å². The lowest BCUT2D eigenvalue weighted by molar-refractivity contribution is 0.425. The second-order valence-electron chi connectivity index (χ2n) is 4.09. The predicted octanol–water partition coefficient (Wildman–Crippen LogP) is -0.720. The SMILES string of the molecule is Cc1ccc(=O)n(Cc2cccc(B(O)O)c2)n1. The Morgan fingerprint density at radius 2 is 2.06 bits per heavy atom. The van der Waals surface area contributed by atoms with E-state index in [1.807, 2.05) is 13.0 Å². The number of aromatic nitrogens is 2. The summed E-state index contributed by atoms with van der Waals surface area (Å²) in [5, 5.41) is 22.3. The molecule has 0 saturated carbocycles. The molecule has 0 saturated heterocycles. The summed E-state index contributed by atoms with van der Waals surface area (Å²) in [5.41, 5.74) is 1.76. The molecule has 92 valence electrons. The zero-order valence-electron chi connectivity index (χ0n) is 9.95. The third kappa shape index (κ3) is 2.85. The van der Waals surface area contributed by atoms with Crippen LogP contribution in [0.15, 0.2) is 41.2 Å². The smallest absolute Gasteiger partial charge is 0.423 e. The van der Waals surface area contributed by atoms with Crippen LogP contribution in [0.1, 0.15) is 11.3 Å². The van der Waals surface area contributed by atoms with Crippen molar-refractivity contribution in [3.8, 4) is 0 Å². The Bertz CT molecular complexity index is 610. The van der Waals surface area contributed by atoms with Crippen LogP contribution in [0.25, 0.3) is 0 Å². The largest absolute Gasteiger partial charge is 0.488 e. The first-order valence-electron chi connectivity index (χ1n) is 5.56. The van der Waals surface area contributed by atoms with Gasteiger partial charge >= 0.3 is 7.12 Å². The number of rotatable bonds is 3. The summed E-state index contributed by atoms with van der Waals surface area (Å²) in [4.78, 5) is 11.6. The monoisotopic (exact) mass is 244 g/mol. The number of aryl methyl sites for hydroxylation is 1. The van der Waals surface area contributed by atoms with E-state index in [4.69, 9.17) is 10.0 Å². The van der Waals surface area contributed by atoms with Gasteiger partial charge in [0.05, 0.1) is 12.2 Å². The van der Waals surface area contributed by atoms with Gasteiger partial charge in [-0.05, 0) is 24.0 Å². The van der Waals surface area contributed by atoms with E-state index in [1.54, 1.807) is 24.3 Å². The third-order valence-corrected chi connectivity index (χ3v) is 2.58. The van der Waals surface area contributed by atoms with Crippen molar-refractivity contribution in [2.24, 2.45) is 0 Å². The quantitative estimate of drug-likeness (QED) is 0.698. The van der Waals surface area contributed by atoms with E-state index >= 15 is 0 Å². The van der Waals surface area contributed by atoms with E-state index in [2.05, 4.69) is 5.10 Å². The van der Waals surface area contributed by atoms with Crippen LogP contribution in [0.2, 0.25) is 0 Å². The van der Waals surface area contributed by atoms with E-state index in [1.165, 1.54) is 10.7 Å². The van der Waals surface area contributed by atoms with Crippen molar-refractivity contribution < 1.29 is 10.0 Å². The van der Waals surface area contributed by atoms with Gasteiger partial charge in [-0.25, -0.2) is 4.68 Å². The Hall–Kier alpha value is -1.92. The average Bonchev–Trinajstić information content (AvgIpc) is 2.34. The zero-order valence-corrected chi connectivity index (χ0v) is 9.95. The molecule has 2 aromatic rings. The molecule has 1 aromatic heterocycles. The van der Waals surface area contributed by atoms with E-state index in [0.717, 1.165) is 11.3 Å². The summed E-state index contributed by atoms with van der Waals surface area (Å²) in [6, 6.07) is 9.90. The van der Waals surface area contributed by atoms with Gasteiger partial charge in [0, 0.05) is 6.07 Å². The highest BCUT2D eigenvalue weighted by Gasteiger charge is 2.11. The number of nitrogens with zero attached hydrogens (tertiary/aromatic N) is 2. The van der Waals surface area contributed by atoms with Crippen molar-refractivity contribution in [2.45, 2.75) is 13.5 Å². The maximum absolute atomic E-state index is 11.6. The van der Waals surface area contributed by atoms with Gasteiger partial charge in [0.15, 0.2) is 0 Å². The van der Waals surface area contributed by atoms with Crippen LogP contribution in [-0.4, -0.2) is 26.9 Å². The van der Waals surface area contributed by atoms with Crippen LogP contribution in [0.3, 0.4) is 0 Å². The van der Waals surface area contributed by atoms with Gasteiger partial charge in [-0.1, -0.05) is 24.3 Å². The van der Waals surface area contributed by atoms with Crippen LogP contribution >= 0.6 is 0 Å². The summed E-state index contributed by atoms with van der Waals surface area (Å²) >= 11 is 0. The van der Waals surface area contributed by atoms with Crippen molar-refractivity contribution in [1.82, 2.24) is 9.78 Å². The van der Waals surface area contributed by atoms with Crippen LogP contribution in [0.4, 0.5) is 0 Å². The molecule has 6 heteroatoms. The first-order chi connectivity index (χ1) is 8.56. The van der Waals surface area contributed by atoms with Crippen LogP contribution < -0.4 is 11.0 Å². The third-order valence-electron chi connectivity index (χ3n) is 2.58. The zero-order chi connectivity index (χ0) is 13.1. The molecule has 0 aliphatic carbocycles. The summed E-state index contributed by atoms with van der Waals surface area (Å²) in [5.74, 6) is 0. The number of hydrogen-bond donors (Lipinski definition) is 2. The molecule has 0 radical (unpaired) electrons. The Kier molecular flexibility index (Phi) is 3.59. The Morgan fingerprint density at radius 1 is 1.28 bits per heavy atom. The minimum atomic E-state index is -1.51. The van der Waals surface area contributed by atoms with Gasteiger partial charge < -0.3 is 10.0 Å². The molecule has 0 atom stereocenters. The lowest BCUT2D eigenvalue weighted by Gasteiger charge is -2.07. The van der Waals surface area contributed by atoms with Gasteiger partial charge in [-0.2, -0.15) is 5.10 Å². The molecule has 2 N–H and O–H groups in total. The molecule has 0 bridgehead atoms. The lowest BCUT2D eigenvalue weighted by Crippen LogP contribution is -2.30. The van der Waals surface area contributed by atoms with Crippen molar-refractivity contribution in [3.05, 3.63) is 58.0 Å². The van der Waals surface area contributed by atoms with Crippen molar-refractivity contribution in [3.63, 3.8) is 0 Å². The molecule has 2 rings (SSSR count). The lowest BCUT2D eigenvalue weighted by atomic mass is 9.80. The second-order valence-corrected chi connectivity index (χ2v) is 4.09. The van der Waals surface area contributed by atoms with Crippen LogP contribution in [0.5, 0.6) is 0 Å². The normalized spacial score (nSPS) is 10.4. The average molecular weight is 244 g/mol. The minimum Gasteiger partial charge on any atom is -0.423 e. The van der Waals surface area contributed by atoms with Gasteiger partial charge in [-0.15, -0.1) is 0 Å². The molecular formula is C12H13BN2O3. The minimum absolute atomic E-state index is 0.185. The maximum Gasteiger partial charge on any atom is 0.488 e. The second kappa shape index (κ2) is 5.16. The maximum atomic E-state index is 11.6. The molecule has 0 aliphatic heterocycles. The highest BCUT2D eigenvalue weighted by atomic mass is 16.4. The number of hydrogen-bond acceptors (Lipinski definition) is 4. The molecule has 1 aromatic carbocycles. The summed E-state index contributed by atoms with van der Waals surface area (Å²) < 4.78 is 1.35. The molecule has 18 heavy (non-hydrogen) atoms. The van der Waals surface area contributed by atoms with Gasteiger partial charge in [0.1, 0.15) is 0 Å². The Morgan fingerprint density at radius 3 is 2.78 bits per heavy atom. The van der Waals surface area contributed by atoms with E-state index in [0.29, 0.717) is 12.0 Å². The molecule has 0 fully saturated rings.